The molecule has 1 unspecified atom stereocenters. The van der Waals surface area contributed by atoms with Crippen LogP contribution in [0.15, 0.2) is 64.9 Å². The summed E-state index contributed by atoms with van der Waals surface area (Å²) in [5.41, 5.74) is 5.90. The van der Waals surface area contributed by atoms with Crippen molar-refractivity contribution < 1.29 is 14.5 Å². The van der Waals surface area contributed by atoms with Crippen LogP contribution in [-0.4, -0.2) is 32.3 Å². The normalized spacial score (nSPS) is 11.8. The molecule has 0 saturated heterocycles. The SMILES string of the molecule is Cc1cc(C)nc(SC(C)C(=O)NN=Cc2ccc(OCc3ccc([N+](=O)[O-])cc3)cc2)n1. The van der Waals surface area contributed by atoms with Crippen LogP contribution in [0.1, 0.15) is 29.4 Å². The van der Waals surface area contributed by atoms with Crippen LogP contribution >= 0.6 is 11.8 Å². The number of aromatic nitrogens is 2. The van der Waals surface area contributed by atoms with Gasteiger partial charge in [0.15, 0.2) is 5.16 Å². The molecule has 33 heavy (non-hydrogen) atoms. The maximum atomic E-state index is 12.3. The number of carbonyl (C=O) groups excluding carboxylic acids is 1. The topological polar surface area (TPSA) is 120 Å². The Morgan fingerprint density at radius 2 is 1.79 bits per heavy atom. The Hall–Kier alpha value is -3.79. The molecule has 1 amide bonds. The molecular formula is C23H23N5O4S. The van der Waals surface area contributed by atoms with E-state index in [-0.39, 0.29) is 11.6 Å². The molecule has 170 valence electrons. The molecular weight excluding hydrogens is 442 g/mol. The average molecular weight is 466 g/mol. The number of nitrogens with zero attached hydrogens (tertiary/aromatic N) is 4. The lowest BCUT2D eigenvalue weighted by atomic mass is 10.2. The van der Waals surface area contributed by atoms with Crippen molar-refractivity contribution in [2.24, 2.45) is 5.10 Å². The number of nitro groups is 1. The summed E-state index contributed by atoms with van der Waals surface area (Å²) in [7, 11) is 0. The summed E-state index contributed by atoms with van der Waals surface area (Å²) in [6, 6.07) is 15.3. The highest BCUT2D eigenvalue weighted by atomic mass is 32.2. The Morgan fingerprint density at radius 1 is 1.15 bits per heavy atom. The second-order valence-electron chi connectivity index (χ2n) is 7.21. The van der Waals surface area contributed by atoms with Crippen molar-refractivity contribution in [3.63, 3.8) is 0 Å². The molecule has 0 fully saturated rings. The minimum atomic E-state index is -0.438. The van der Waals surface area contributed by atoms with E-state index < -0.39 is 10.2 Å². The van der Waals surface area contributed by atoms with Crippen LogP contribution in [0.4, 0.5) is 5.69 Å². The Morgan fingerprint density at radius 3 is 2.39 bits per heavy atom. The van der Waals surface area contributed by atoms with E-state index in [1.807, 2.05) is 32.0 Å². The van der Waals surface area contributed by atoms with Crippen molar-refractivity contribution in [1.29, 1.82) is 0 Å². The first-order chi connectivity index (χ1) is 15.8. The lowest BCUT2D eigenvalue weighted by Gasteiger charge is -2.09. The van der Waals surface area contributed by atoms with Crippen molar-refractivity contribution in [1.82, 2.24) is 15.4 Å². The summed E-state index contributed by atoms with van der Waals surface area (Å²) >= 11 is 1.28. The summed E-state index contributed by atoms with van der Waals surface area (Å²) in [6.07, 6.45) is 1.54. The Balaban J connectivity index is 1.47. The van der Waals surface area contributed by atoms with Crippen LogP contribution in [0.25, 0.3) is 0 Å². The zero-order chi connectivity index (χ0) is 23.8. The molecule has 0 saturated carbocycles. The first-order valence-corrected chi connectivity index (χ1v) is 11.0. The van der Waals surface area contributed by atoms with Gasteiger partial charge < -0.3 is 4.74 Å². The van der Waals surface area contributed by atoms with Crippen molar-refractivity contribution in [2.75, 3.05) is 0 Å². The van der Waals surface area contributed by atoms with Crippen molar-refractivity contribution in [2.45, 2.75) is 37.8 Å². The third-order valence-electron chi connectivity index (χ3n) is 4.43. The van der Waals surface area contributed by atoms with E-state index in [9.17, 15) is 14.9 Å². The monoisotopic (exact) mass is 465 g/mol. The van der Waals surface area contributed by atoms with Crippen LogP contribution < -0.4 is 10.2 Å². The molecule has 0 bridgehead atoms. The number of thioether (sulfide) groups is 1. The average Bonchev–Trinajstić information content (AvgIpc) is 2.78. The van der Waals surface area contributed by atoms with Crippen LogP contribution in [0.3, 0.4) is 0 Å². The molecule has 0 aliphatic heterocycles. The lowest BCUT2D eigenvalue weighted by Crippen LogP contribution is -2.27. The molecule has 3 aromatic rings. The molecule has 2 aromatic carbocycles. The number of nitro benzene ring substituents is 1. The standard InChI is InChI=1S/C23H23N5O4S/c1-15-12-16(2)26-23(25-15)33-17(3)22(29)27-24-13-18-6-10-21(11-7-18)32-14-19-4-8-20(9-5-19)28(30)31/h4-13,17H,14H2,1-3H3,(H,27,29). The molecule has 10 heteroatoms. The Labute approximate surface area is 195 Å². The van der Waals surface area contributed by atoms with Crippen LogP contribution in [-0.2, 0) is 11.4 Å². The van der Waals surface area contributed by atoms with E-state index in [4.69, 9.17) is 4.74 Å². The first kappa shape index (κ1) is 23.9. The van der Waals surface area contributed by atoms with E-state index in [2.05, 4.69) is 20.5 Å². The number of nitrogens with one attached hydrogen (secondary N) is 1. The number of aryl methyl sites for hydroxylation is 2. The first-order valence-electron chi connectivity index (χ1n) is 10.1. The molecule has 1 atom stereocenters. The summed E-state index contributed by atoms with van der Waals surface area (Å²) in [4.78, 5) is 31.2. The maximum absolute atomic E-state index is 12.3. The van der Waals surface area contributed by atoms with Gasteiger partial charge in [0.1, 0.15) is 12.4 Å². The van der Waals surface area contributed by atoms with E-state index in [0.29, 0.717) is 17.5 Å². The van der Waals surface area contributed by atoms with Crippen LogP contribution in [0.5, 0.6) is 5.75 Å². The summed E-state index contributed by atoms with van der Waals surface area (Å²) < 4.78 is 5.70. The number of carbonyl (C=O) groups is 1. The number of non-ortho nitro benzene ring substituents is 1. The fraction of sp³-hybridized carbons (Fsp3) is 0.217. The molecule has 3 rings (SSSR count). The fourth-order valence-electron chi connectivity index (χ4n) is 2.75. The van der Waals surface area contributed by atoms with Gasteiger partial charge in [0.2, 0.25) is 0 Å². The van der Waals surface area contributed by atoms with Crippen LogP contribution in [0, 0.1) is 24.0 Å². The number of ether oxygens (including phenoxy) is 1. The summed E-state index contributed by atoms with van der Waals surface area (Å²) in [6.45, 7) is 5.84. The Bertz CT molecular complexity index is 1130. The quantitative estimate of drug-likeness (QED) is 0.165. The van der Waals surface area contributed by atoms with Gasteiger partial charge in [-0.15, -0.1) is 0 Å². The predicted molar refractivity (Wildman–Crippen MR) is 126 cm³/mol. The van der Waals surface area contributed by atoms with Gasteiger partial charge in [-0.25, -0.2) is 15.4 Å². The molecule has 0 spiro atoms. The van der Waals surface area contributed by atoms with E-state index in [0.717, 1.165) is 22.5 Å². The number of hydrogen-bond donors (Lipinski definition) is 1. The number of rotatable bonds is 9. The summed E-state index contributed by atoms with van der Waals surface area (Å²) in [5, 5.41) is 14.9. The summed E-state index contributed by atoms with van der Waals surface area (Å²) in [5.74, 6) is 0.398. The van der Waals surface area contributed by atoms with E-state index in [1.54, 1.807) is 37.4 Å². The second kappa shape index (κ2) is 11.2. The number of benzene rings is 2. The number of hydrogen-bond acceptors (Lipinski definition) is 8. The third-order valence-corrected chi connectivity index (χ3v) is 5.40. The molecule has 1 aromatic heterocycles. The predicted octanol–water partition coefficient (Wildman–Crippen LogP) is 4.21. The smallest absolute Gasteiger partial charge is 0.269 e. The highest BCUT2D eigenvalue weighted by molar-refractivity contribution is 8.00. The van der Waals surface area contributed by atoms with Gasteiger partial charge in [-0.05, 0) is 74.4 Å². The minimum absolute atomic E-state index is 0.0427. The van der Waals surface area contributed by atoms with Gasteiger partial charge in [-0.3, -0.25) is 14.9 Å². The highest BCUT2D eigenvalue weighted by Crippen LogP contribution is 2.20. The molecule has 1 heterocycles. The fourth-order valence-corrected chi connectivity index (χ4v) is 3.62. The van der Waals surface area contributed by atoms with Crippen molar-refractivity contribution >= 4 is 29.6 Å². The Kier molecular flexibility index (Phi) is 8.09. The molecule has 9 nitrogen and oxygen atoms in total. The van der Waals surface area contributed by atoms with Crippen molar-refractivity contribution in [3.05, 3.63) is 87.2 Å². The van der Waals surface area contributed by atoms with Gasteiger partial charge >= 0.3 is 0 Å². The van der Waals surface area contributed by atoms with Gasteiger partial charge in [-0.2, -0.15) is 5.10 Å². The largest absolute Gasteiger partial charge is 0.489 e. The lowest BCUT2D eigenvalue weighted by molar-refractivity contribution is -0.384. The second-order valence-corrected chi connectivity index (χ2v) is 8.52. The molecule has 0 aliphatic rings. The highest BCUT2D eigenvalue weighted by Gasteiger charge is 2.15. The number of hydrazone groups is 1. The maximum Gasteiger partial charge on any atom is 0.269 e. The zero-order valence-electron chi connectivity index (χ0n) is 18.4. The van der Waals surface area contributed by atoms with Gasteiger partial charge in [0, 0.05) is 23.5 Å². The third kappa shape index (κ3) is 7.39. The van der Waals surface area contributed by atoms with E-state index in [1.165, 1.54) is 23.9 Å². The van der Waals surface area contributed by atoms with Crippen LogP contribution in [0.2, 0.25) is 0 Å². The minimum Gasteiger partial charge on any atom is -0.489 e. The van der Waals surface area contributed by atoms with E-state index >= 15 is 0 Å². The van der Waals surface area contributed by atoms with Gasteiger partial charge in [-0.1, -0.05) is 11.8 Å². The molecule has 1 N–H and O–H groups in total. The van der Waals surface area contributed by atoms with Gasteiger partial charge in [0.25, 0.3) is 11.6 Å². The molecule has 0 aliphatic carbocycles. The molecule has 0 radical (unpaired) electrons. The zero-order valence-corrected chi connectivity index (χ0v) is 19.2. The van der Waals surface area contributed by atoms with Crippen molar-refractivity contribution in [3.8, 4) is 5.75 Å². The van der Waals surface area contributed by atoms with Gasteiger partial charge in [0.05, 0.1) is 16.4 Å². The number of amides is 1.